The van der Waals surface area contributed by atoms with Gasteiger partial charge in [-0.05, 0) is 13.8 Å². The van der Waals surface area contributed by atoms with Gasteiger partial charge >= 0.3 is 0 Å². The maximum atomic E-state index is 4.32. The predicted molar refractivity (Wildman–Crippen MR) is 67.4 cm³/mol. The first kappa shape index (κ1) is 13.2. The summed E-state index contributed by atoms with van der Waals surface area (Å²) in [4.78, 5) is 0. The summed E-state index contributed by atoms with van der Waals surface area (Å²) in [6.07, 6.45) is 2.07. The lowest BCUT2D eigenvalue weighted by Crippen LogP contribution is -2.38. The van der Waals surface area contributed by atoms with Crippen molar-refractivity contribution in [2.45, 2.75) is 46.3 Å². The number of aromatic nitrogens is 2. The third-order valence-electron chi connectivity index (χ3n) is 2.59. The molecule has 16 heavy (non-hydrogen) atoms. The van der Waals surface area contributed by atoms with Crippen LogP contribution in [0.25, 0.3) is 0 Å². The van der Waals surface area contributed by atoms with E-state index in [1.165, 1.54) is 5.56 Å². The van der Waals surface area contributed by atoms with Crippen LogP contribution in [0.2, 0.25) is 0 Å². The summed E-state index contributed by atoms with van der Waals surface area (Å²) in [7, 11) is 1.96. The van der Waals surface area contributed by atoms with Gasteiger partial charge in [-0.25, -0.2) is 0 Å². The van der Waals surface area contributed by atoms with E-state index in [9.17, 15) is 0 Å². The minimum atomic E-state index is 0.474. The van der Waals surface area contributed by atoms with Gasteiger partial charge in [0.05, 0.1) is 5.69 Å². The molecule has 1 aromatic rings. The largest absolute Gasteiger partial charge is 0.313 e. The van der Waals surface area contributed by atoms with E-state index in [0.29, 0.717) is 12.1 Å². The SMILES string of the molecule is Cc1nn(C)cc1CNC(C)CNC(C)C. The van der Waals surface area contributed by atoms with E-state index in [1.807, 2.05) is 18.7 Å². The first-order valence-electron chi connectivity index (χ1n) is 5.95. The average Bonchev–Trinajstić information content (AvgIpc) is 2.51. The molecule has 0 aliphatic rings. The Hall–Kier alpha value is -0.870. The molecule has 0 bridgehead atoms. The van der Waals surface area contributed by atoms with Crippen LogP contribution < -0.4 is 10.6 Å². The number of nitrogens with one attached hydrogen (secondary N) is 2. The van der Waals surface area contributed by atoms with Crippen LogP contribution in [-0.2, 0) is 13.6 Å². The molecular weight excluding hydrogens is 200 g/mol. The van der Waals surface area contributed by atoms with Gasteiger partial charge in [-0.1, -0.05) is 13.8 Å². The van der Waals surface area contributed by atoms with Crippen LogP contribution in [-0.4, -0.2) is 28.4 Å². The van der Waals surface area contributed by atoms with Crippen molar-refractivity contribution < 1.29 is 0 Å². The zero-order valence-electron chi connectivity index (χ0n) is 11.0. The third kappa shape index (κ3) is 4.33. The standard InChI is InChI=1S/C12H24N4/c1-9(2)13-6-10(3)14-7-12-8-16(5)15-11(12)4/h8-10,13-14H,6-7H2,1-5H3. The predicted octanol–water partition coefficient (Wildman–Crippen LogP) is 1.20. The van der Waals surface area contributed by atoms with Crippen molar-refractivity contribution in [3.63, 3.8) is 0 Å². The van der Waals surface area contributed by atoms with Gasteiger partial charge in [-0.3, -0.25) is 4.68 Å². The summed E-state index contributed by atoms with van der Waals surface area (Å²) in [5.74, 6) is 0. The molecule has 4 heteroatoms. The molecule has 92 valence electrons. The van der Waals surface area contributed by atoms with Gasteiger partial charge in [0.25, 0.3) is 0 Å². The highest BCUT2D eigenvalue weighted by Gasteiger charge is 2.06. The van der Waals surface area contributed by atoms with Gasteiger partial charge in [0.15, 0.2) is 0 Å². The molecule has 0 radical (unpaired) electrons. The van der Waals surface area contributed by atoms with Crippen LogP contribution in [0.1, 0.15) is 32.0 Å². The van der Waals surface area contributed by atoms with E-state index in [4.69, 9.17) is 0 Å². The number of rotatable bonds is 6. The molecule has 0 saturated carbocycles. The zero-order chi connectivity index (χ0) is 12.1. The van der Waals surface area contributed by atoms with E-state index < -0.39 is 0 Å². The second-order valence-electron chi connectivity index (χ2n) is 4.76. The fourth-order valence-corrected chi connectivity index (χ4v) is 1.59. The maximum absolute atomic E-state index is 4.32. The van der Waals surface area contributed by atoms with Gasteiger partial charge in [0.2, 0.25) is 0 Å². The molecule has 0 spiro atoms. The lowest BCUT2D eigenvalue weighted by Gasteiger charge is -2.16. The van der Waals surface area contributed by atoms with Crippen LogP contribution in [0.3, 0.4) is 0 Å². The van der Waals surface area contributed by atoms with E-state index in [1.54, 1.807) is 0 Å². The molecule has 0 aromatic carbocycles. The van der Waals surface area contributed by atoms with Crippen molar-refractivity contribution >= 4 is 0 Å². The Bertz CT molecular complexity index is 317. The van der Waals surface area contributed by atoms with Crippen LogP contribution in [0, 0.1) is 6.92 Å². The van der Waals surface area contributed by atoms with E-state index in [-0.39, 0.29) is 0 Å². The molecule has 0 aliphatic carbocycles. The van der Waals surface area contributed by atoms with Crippen molar-refractivity contribution in [3.8, 4) is 0 Å². The Morgan fingerprint density at radius 2 is 2.00 bits per heavy atom. The summed E-state index contributed by atoms with van der Waals surface area (Å²) < 4.78 is 1.86. The van der Waals surface area contributed by atoms with Gasteiger partial charge in [-0.15, -0.1) is 0 Å². The molecule has 1 unspecified atom stereocenters. The van der Waals surface area contributed by atoms with Crippen molar-refractivity contribution in [2.24, 2.45) is 7.05 Å². The van der Waals surface area contributed by atoms with Crippen molar-refractivity contribution in [1.29, 1.82) is 0 Å². The highest BCUT2D eigenvalue weighted by atomic mass is 15.3. The van der Waals surface area contributed by atoms with Crippen LogP contribution in [0.5, 0.6) is 0 Å². The smallest absolute Gasteiger partial charge is 0.0638 e. The van der Waals surface area contributed by atoms with Crippen molar-refractivity contribution in [3.05, 3.63) is 17.5 Å². The Morgan fingerprint density at radius 1 is 1.31 bits per heavy atom. The molecule has 1 heterocycles. The Labute approximate surface area is 98.4 Å². The van der Waals surface area contributed by atoms with E-state index in [2.05, 4.69) is 42.7 Å². The Balaban J connectivity index is 2.31. The Kier molecular flexibility index (Phi) is 4.96. The molecule has 1 aromatic heterocycles. The Morgan fingerprint density at radius 3 is 2.50 bits per heavy atom. The van der Waals surface area contributed by atoms with Crippen molar-refractivity contribution in [2.75, 3.05) is 6.54 Å². The molecule has 0 amide bonds. The first-order chi connectivity index (χ1) is 7.49. The van der Waals surface area contributed by atoms with Crippen LogP contribution in [0.15, 0.2) is 6.20 Å². The summed E-state index contributed by atoms with van der Waals surface area (Å²) in [5.41, 5.74) is 2.39. The summed E-state index contributed by atoms with van der Waals surface area (Å²) >= 11 is 0. The average molecular weight is 224 g/mol. The molecule has 2 N–H and O–H groups in total. The monoisotopic (exact) mass is 224 g/mol. The second kappa shape index (κ2) is 6.01. The number of aryl methyl sites for hydroxylation is 2. The zero-order valence-corrected chi connectivity index (χ0v) is 11.0. The van der Waals surface area contributed by atoms with Gasteiger partial charge < -0.3 is 10.6 Å². The van der Waals surface area contributed by atoms with Crippen LogP contribution >= 0.6 is 0 Å². The van der Waals surface area contributed by atoms with Crippen LogP contribution in [0.4, 0.5) is 0 Å². The molecule has 4 nitrogen and oxygen atoms in total. The quantitative estimate of drug-likeness (QED) is 0.763. The van der Waals surface area contributed by atoms with Crippen molar-refractivity contribution in [1.82, 2.24) is 20.4 Å². The summed E-state index contributed by atoms with van der Waals surface area (Å²) in [6, 6.07) is 1.02. The molecule has 0 saturated heterocycles. The van der Waals surface area contributed by atoms with Gasteiger partial charge in [-0.2, -0.15) is 5.10 Å². The molecular formula is C12H24N4. The highest BCUT2D eigenvalue weighted by Crippen LogP contribution is 2.03. The number of hydrogen-bond donors (Lipinski definition) is 2. The second-order valence-corrected chi connectivity index (χ2v) is 4.76. The third-order valence-corrected chi connectivity index (χ3v) is 2.59. The first-order valence-corrected chi connectivity index (χ1v) is 5.95. The van der Waals surface area contributed by atoms with E-state index in [0.717, 1.165) is 18.8 Å². The minimum Gasteiger partial charge on any atom is -0.313 e. The molecule has 1 rings (SSSR count). The number of hydrogen-bond acceptors (Lipinski definition) is 3. The lowest BCUT2D eigenvalue weighted by molar-refractivity contribution is 0.473. The summed E-state index contributed by atoms with van der Waals surface area (Å²) in [5, 5.41) is 11.2. The van der Waals surface area contributed by atoms with E-state index >= 15 is 0 Å². The summed E-state index contributed by atoms with van der Waals surface area (Å²) in [6.45, 7) is 10.5. The normalized spacial score (nSPS) is 13.4. The van der Waals surface area contributed by atoms with Gasteiger partial charge in [0.1, 0.15) is 0 Å². The molecule has 0 aliphatic heterocycles. The molecule has 1 atom stereocenters. The van der Waals surface area contributed by atoms with Gasteiger partial charge in [0, 0.05) is 44.0 Å². The minimum absolute atomic E-state index is 0.474. The lowest BCUT2D eigenvalue weighted by atomic mass is 10.2. The topological polar surface area (TPSA) is 41.9 Å². The molecule has 0 fully saturated rings. The fourth-order valence-electron chi connectivity index (χ4n) is 1.59. The highest BCUT2D eigenvalue weighted by molar-refractivity contribution is 5.14. The fraction of sp³-hybridized carbons (Fsp3) is 0.750. The maximum Gasteiger partial charge on any atom is 0.0638 e. The number of nitrogens with zero attached hydrogens (tertiary/aromatic N) is 2.